The van der Waals surface area contributed by atoms with Crippen molar-refractivity contribution in [2.45, 2.75) is 127 Å². The first kappa shape index (κ1) is 41.9. The Morgan fingerprint density at radius 2 is 1.12 bits per heavy atom. The van der Waals surface area contributed by atoms with Gasteiger partial charge in [0, 0.05) is 48.1 Å². The molecule has 6 rings (SSSR count). The van der Waals surface area contributed by atoms with Gasteiger partial charge in [0.1, 0.15) is 5.60 Å². The van der Waals surface area contributed by atoms with Crippen LogP contribution in [0.2, 0.25) is 10.0 Å². The van der Waals surface area contributed by atoms with Crippen LogP contribution in [0.25, 0.3) is 0 Å². The van der Waals surface area contributed by atoms with Gasteiger partial charge in [-0.15, -0.1) is 0 Å². The highest BCUT2D eigenvalue weighted by Gasteiger charge is 2.48. The topological polar surface area (TPSA) is 128 Å². The summed E-state index contributed by atoms with van der Waals surface area (Å²) in [4.78, 5) is 39.8. The van der Waals surface area contributed by atoms with Crippen LogP contribution in [-0.4, -0.2) is 87.1 Å². The number of nitrogens with zero attached hydrogens (tertiary/aromatic N) is 2. The molecule has 0 radical (unpaired) electrons. The zero-order valence-corrected chi connectivity index (χ0v) is 33.0. The Balaban J connectivity index is 0.000000180. The van der Waals surface area contributed by atoms with E-state index < -0.39 is 17.0 Å². The maximum atomic E-state index is 13.2. The molecule has 4 aliphatic rings. The van der Waals surface area contributed by atoms with Crippen LogP contribution in [0.5, 0.6) is 0 Å². The highest BCUT2D eigenvalue weighted by molar-refractivity contribution is 6.30. The predicted molar refractivity (Wildman–Crippen MR) is 205 cm³/mol. The van der Waals surface area contributed by atoms with Crippen molar-refractivity contribution in [1.82, 2.24) is 9.80 Å². The van der Waals surface area contributed by atoms with Crippen molar-refractivity contribution in [2.75, 3.05) is 26.2 Å². The van der Waals surface area contributed by atoms with Gasteiger partial charge in [-0.05, 0) is 121 Å². The zero-order chi connectivity index (χ0) is 38.3. The number of aliphatic hydroxyl groups excluding tert-OH is 2. The first-order valence-electron chi connectivity index (χ1n) is 18.9. The number of aliphatic carboxylic acids is 1. The molecule has 2 saturated carbocycles. The summed E-state index contributed by atoms with van der Waals surface area (Å²) in [6.45, 7) is 12.0. The van der Waals surface area contributed by atoms with Crippen LogP contribution < -0.4 is 0 Å². The number of hydrogen-bond acceptors (Lipinski definition) is 6. The summed E-state index contributed by atoms with van der Waals surface area (Å²) in [7, 11) is 0. The van der Waals surface area contributed by atoms with Crippen molar-refractivity contribution in [2.24, 2.45) is 11.8 Å². The third-order valence-corrected chi connectivity index (χ3v) is 11.7. The number of carbonyl (C=O) groups excluding carboxylic acids is 2. The maximum Gasteiger partial charge on any atom is 0.410 e. The van der Waals surface area contributed by atoms with Crippen molar-refractivity contribution in [3.63, 3.8) is 0 Å². The predicted octanol–water partition coefficient (Wildman–Crippen LogP) is 8.24. The largest absolute Gasteiger partial charge is 0.481 e. The van der Waals surface area contributed by atoms with E-state index in [1.807, 2.05) is 69.0 Å². The lowest BCUT2D eigenvalue weighted by atomic mass is 9.63. The molecule has 2 heterocycles. The van der Waals surface area contributed by atoms with E-state index in [2.05, 4.69) is 0 Å². The molecule has 2 amide bonds. The molecule has 0 aromatic heterocycles. The first-order chi connectivity index (χ1) is 24.5. The average molecular weight is 762 g/mol. The molecule has 4 unspecified atom stereocenters. The van der Waals surface area contributed by atoms with Gasteiger partial charge in [0.25, 0.3) is 0 Å². The van der Waals surface area contributed by atoms with Crippen LogP contribution in [0.3, 0.4) is 0 Å². The molecule has 0 bridgehead atoms. The molecule has 4 fully saturated rings. The van der Waals surface area contributed by atoms with Gasteiger partial charge in [0.2, 0.25) is 5.91 Å². The number of carboxylic acids is 1. The summed E-state index contributed by atoms with van der Waals surface area (Å²) in [5.74, 6) is -0.0844. The van der Waals surface area contributed by atoms with Crippen molar-refractivity contribution in [3.8, 4) is 0 Å². The minimum atomic E-state index is -0.717. The molecule has 2 aliphatic carbocycles. The molecule has 52 heavy (non-hydrogen) atoms. The van der Waals surface area contributed by atoms with E-state index in [1.165, 1.54) is 0 Å². The molecule has 4 atom stereocenters. The summed E-state index contributed by atoms with van der Waals surface area (Å²) < 4.78 is 5.31. The number of halogens is 2. The van der Waals surface area contributed by atoms with E-state index in [1.54, 1.807) is 24.0 Å². The van der Waals surface area contributed by atoms with E-state index in [0.29, 0.717) is 23.1 Å². The molecule has 2 aromatic carbocycles. The minimum absolute atomic E-state index is 0.182. The van der Waals surface area contributed by atoms with Gasteiger partial charge >= 0.3 is 12.1 Å². The molecule has 9 nitrogen and oxygen atoms in total. The standard InChI is InChI=1S/C18H24ClNO2.C12H23NO3.C11H11ClO2/c1-13(21)14-4-2-11-20(12-14)17(22)18(9-3-10-18)15-5-7-16(19)8-6-15;1-9(14)10-6-5-7-13(8-10)11(15)16-12(2,3)4;12-9-4-2-8(3-5-9)11(10(13)14)6-1-7-11/h5-8,13-14,21H,2-4,9-12H2,1H3;9-10,14H,5-8H2,1-4H3;2-5H,1,6-7H2,(H,13,14). The van der Waals surface area contributed by atoms with Gasteiger partial charge in [-0.25, -0.2) is 4.79 Å². The Labute approximate surface area is 319 Å². The van der Waals surface area contributed by atoms with Crippen LogP contribution in [0.4, 0.5) is 4.79 Å². The van der Waals surface area contributed by atoms with Crippen LogP contribution >= 0.6 is 23.2 Å². The number of amides is 2. The summed E-state index contributed by atoms with van der Waals surface area (Å²) in [5.41, 5.74) is 0.526. The summed E-state index contributed by atoms with van der Waals surface area (Å²) in [6, 6.07) is 14.9. The lowest BCUT2D eigenvalue weighted by Gasteiger charge is -2.46. The second kappa shape index (κ2) is 18.0. The number of aliphatic hydroxyl groups is 2. The normalized spacial score (nSPS) is 23.2. The Bertz CT molecular complexity index is 1480. The molecule has 3 N–H and O–H groups in total. The van der Waals surface area contributed by atoms with Crippen molar-refractivity contribution >= 4 is 41.2 Å². The minimum Gasteiger partial charge on any atom is -0.481 e. The molecule has 2 aromatic rings. The second-order valence-electron chi connectivity index (χ2n) is 16.2. The Hall–Kier alpha value is -2.85. The molecular formula is C41H58Cl2N2O7. The molecule has 11 heteroatoms. The van der Waals surface area contributed by atoms with Gasteiger partial charge in [-0.3, -0.25) is 9.59 Å². The van der Waals surface area contributed by atoms with E-state index in [4.69, 9.17) is 27.9 Å². The molecular weight excluding hydrogens is 703 g/mol. The number of piperidine rings is 2. The fourth-order valence-corrected chi connectivity index (χ4v) is 7.89. The Morgan fingerprint density at radius 3 is 1.48 bits per heavy atom. The fraction of sp³-hybridized carbons (Fsp3) is 0.634. The number of ether oxygens (including phenoxy) is 1. The number of carboxylic acid groups (broad SMARTS) is 1. The SMILES string of the molecule is CC(O)C1CCCN(C(=O)C2(c3ccc(Cl)cc3)CCC2)C1.CC(O)C1CCCN(C(=O)OC(C)(C)C)C1.O=C(O)C1(c2ccc(Cl)cc2)CCC1. The lowest BCUT2D eigenvalue weighted by molar-refractivity contribution is -0.147. The number of benzene rings is 2. The van der Waals surface area contributed by atoms with Crippen molar-refractivity contribution < 1.29 is 34.4 Å². The van der Waals surface area contributed by atoms with E-state index >= 15 is 0 Å². The maximum absolute atomic E-state index is 13.2. The molecule has 288 valence electrons. The highest BCUT2D eigenvalue weighted by Crippen LogP contribution is 2.46. The van der Waals surface area contributed by atoms with Gasteiger partial charge in [0.15, 0.2) is 0 Å². The third kappa shape index (κ3) is 10.4. The van der Waals surface area contributed by atoms with Crippen LogP contribution in [0.15, 0.2) is 48.5 Å². The summed E-state index contributed by atoms with van der Waals surface area (Å²) in [6.07, 6.45) is 8.36. The van der Waals surface area contributed by atoms with E-state index in [-0.39, 0.29) is 41.5 Å². The zero-order valence-electron chi connectivity index (χ0n) is 31.5. The van der Waals surface area contributed by atoms with Crippen LogP contribution in [0, 0.1) is 11.8 Å². The summed E-state index contributed by atoms with van der Waals surface area (Å²) in [5, 5.41) is 29.9. The van der Waals surface area contributed by atoms with Gasteiger partial charge < -0.3 is 29.9 Å². The van der Waals surface area contributed by atoms with Crippen LogP contribution in [0.1, 0.15) is 110 Å². The number of hydrogen-bond donors (Lipinski definition) is 3. The smallest absolute Gasteiger partial charge is 0.410 e. The highest BCUT2D eigenvalue weighted by atomic mass is 35.5. The quantitative estimate of drug-likeness (QED) is 0.271. The van der Waals surface area contributed by atoms with Gasteiger partial charge in [-0.2, -0.15) is 0 Å². The Kier molecular flexibility index (Phi) is 14.5. The first-order valence-corrected chi connectivity index (χ1v) is 19.6. The van der Waals surface area contributed by atoms with Gasteiger partial charge in [-0.1, -0.05) is 60.3 Å². The molecule has 0 spiro atoms. The molecule has 2 aliphatic heterocycles. The molecule has 2 saturated heterocycles. The third-order valence-electron chi connectivity index (χ3n) is 11.2. The number of likely N-dealkylation sites (tertiary alicyclic amines) is 2. The van der Waals surface area contributed by atoms with E-state index in [9.17, 15) is 29.7 Å². The number of rotatable bonds is 6. The van der Waals surface area contributed by atoms with Gasteiger partial charge in [0.05, 0.1) is 23.0 Å². The second-order valence-corrected chi connectivity index (χ2v) is 17.0. The van der Waals surface area contributed by atoms with E-state index in [0.717, 1.165) is 88.4 Å². The average Bonchev–Trinajstić information content (AvgIpc) is 3.05. The monoisotopic (exact) mass is 760 g/mol. The van der Waals surface area contributed by atoms with Crippen molar-refractivity contribution in [1.29, 1.82) is 0 Å². The number of carbonyl (C=O) groups is 3. The van der Waals surface area contributed by atoms with Crippen molar-refractivity contribution in [3.05, 3.63) is 69.7 Å². The lowest BCUT2D eigenvalue weighted by Crippen LogP contribution is -2.54. The van der Waals surface area contributed by atoms with Crippen LogP contribution in [-0.2, 0) is 25.2 Å². The fourth-order valence-electron chi connectivity index (χ4n) is 7.64. The summed E-state index contributed by atoms with van der Waals surface area (Å²) >= 11 is 11.7. The Morgan fingerprint density at radius 1 is 0.712 bits per heavy atom.